The van der Waals surface area contributed by atoms with Crippen LogP contribution in [0.25, 0.3) is 10.2 Å². The summed E-state index contributed by atoms with van der Waals surface area (Å²) in [6.45, 7) is 10.2. The molecular formula is C18H22N2O3S. The molecule has 24 heavy (non-hydrogen) atoms. The lowest BCUT2D eigenvalue weighted by Gasteiger charge is -2.21. The van der Waals surface area contributed by atoms with Gasteiger partial charge < -0.3 is 4.74 Å². The molecule has 0 radical (unpaired) electrons. The zero-order valence-corrected chi connectivity index (χ0v) is 15.2. The first-order valence-corrected chi connectivity index (χ1v) is 9.09. The first-order valence-electron chi connectivity index (χ1n) is 8.27. The van der Waals surface area contributed by atoms with Crippen LogP contribution in [0.15, 0.2) is 16.9 Å². The number of esters is 1. The minimum absolute atomic E-state index is 0.0748. The Kier molecular flexibility index (Phi) is 4.58. The maximum absolute atomic E-state index is 13.1. The highest BCUT2D eigenvalue weighted by Gasteiger charge is 2.33. The number of carbonyl (C=O) groups is 1. The lowest BCUT2D eigenvalue weighted by Crippen LogP contribution is -2.26. The first kappa shape index (κ1) is 16.9. The number of nitrogens with zero attached hydrogens (tertiary/aromatic N) is 2. The zero-order valence-electron chi connectivity index (χ0n) is 14.3. The van der Waals surface area contributed by atoms with Crippen LogP contribution in [-0.4, -0.2) is 22.1 Å². The highest BCUT2D eigenvalue weighted by Crippen LogP contribution is 2.41. The van der Waals surface area contributed by atoms with Gasteiger partial charge in [-0.05, 0) is 45.6 Å². The smallest absolute Gasteiger partial charge is 0.313 e. The Balaban J connectivity index is 2.24. The van der Waals surface area contributed by atoms with Crippen molar-refractivity contribution in [3.05, 3.63) is 38.8 Å². The molecule has 1 unspecified atom stereocenters. The Labute approximate surface area is 145 Å². The molecule has 0 aliphatic heterocycles. The largest absolute Gasteiger partial charge is 0.466 e. The van der Waals surface area contributed by atoms with Gasteiger partial charge in [0.25, 0.3) is 5.56 Å². The van der Waals surface area contributed by atoms with Gasteiger partial charge in [-0.15, -0.1) is 11.3 Å². The van der Waals surface area contributed by atoms with Crippen molar-refractivity contribution < 1.29 is 9.53 Å². The Hall–Kier alpha value is -1.95. The van der Waals surface area contributed by atoms with E-state index in [0.717, 1.165) is 40.1 Å². The van der Waals surface area contributed by atoms with Crippen molar-refractivity contribution in [1.29, 1.82) is 0 Å². The molecule has 2 aromatic rings. The quantitative estimate of drug-likeness (QED) is 0.629. The molecule has 0 bridgehead atoms. The van der Waals surface area contributed by atoms with Crippen molar-refractivity contribution in [1.82, 2.24) is 9.55 Å². The van der Waals surface area contributed by atoms with E-state index in [2.05, 4.69) is 11.6 Å². The van der Waals surface area contributed by atoms with Gasteiger partial charge in [-0.1, -0.05) is 12.2 Å². The molecular weight excluding hydrogens is 324 g/mol. The number of rotatable bonds is 4. The van der Waals surface area contributed by atoms with Crippen molar-refractivity contribution >= 4 is 27.5 Å². The summed E-state index contributed by atoms with van der Waals surface area (Å²) in [6, 6.07) is 0. The van der Waals surface area contributed by atoms with Crippen LogP contribution in [0.5, 0.6) is 0 Å². The number of hydrogen-bond acceptors (Lipinski definition) is 5. The Morgan fingerprint density at radius 2 is 2.25 bits per heavy atom. The molecule has 5 nitrogen and oxygen atoms in total. The summed E-state index contributed by atoms with van der Waals surface area (Å²) in [7, 11) is 0. The number of carbonyl (C=O) groups excluding carboxylic acids is 1. The Morgan fingerprint density at radius 1 is 1.50 bits per heavy atom. The SMILES string of the molecule is C=C(C)Cn1c(C)nc2sc3c(c2c1=O)C(C(=O)OCC)CCC3. The van der Waals surface area contributed by atoms with Gasteiger partial charge in [0.05, 0.1) is 17.9 Å². The van der Waals surface area contributed by atoms with E-state index in [4.69, 9.17) is 4.74 Å². The summed E-state index contributed by atoms with van der Waals surface area (Å²) in [5, 5.41) is 0.597. The number of ether oxygens (including phenoxy) is 1. The van der Waals surface area contributed by atoms with Crippen LogP contribution in [0, 0.1) is 6.92 Å². The van der Waals surface area contributed by atoms with Crippen LogP contribution in [0.4, 0.5) is 0 Å². The molecule has 0 saturated carbocycles. The molecule has 128 valence electrons. The number of fused-ring (bicyclic) bond motifs is 3. The fourth-order valence-electron chi connectivity index (χ4n) is 3.35. The lowest BCUT2D eigenvalue weighted by atomic mass is 9.86. The van der Waals surface area contributed by atoms with Crippen LogP contribution in [0.2, 0.25) is 0 Å². The van der Waals surface area contributed by atoms with E-state index in [-0.39, 0.29) is 17.4 Å². The molecule has 0 spiro atoms. The monoisotopic (exact) mass is 346 g/mol. The van der Waals surface area contributed by atoms with Gasteiger partial charge in [-0.25, -0.2) is 4.98 Å². The number of allylic oxidation sites excluding steroid dienone is 1. The average Bonchev–Trinajstić information content (AvgIpc) is 2.89. The highest BCUT2D eigenvalue weighted by atomic mass is 32.1. The first-order chi connectivity index (χ1) is 11.4. The summed E-state index contributed by atoms with van der Waals surface area (Å²) < 4.78 is 6.88. The summed E-state index contributed by atoms with van der Waals surface area (Å²) in [5.41, 5.74) is 1.68. The van der Waals surface area contributed by atoms with E-state index in [1.54, 1.807) is 22.8 Å². The molecule has 3 rings (SSSR count). The molecule has 6 heteroatoms. The van der Waals surface area contributed by atoms with Gasteiger partial charge in [0, 0.05) is 11.4 Å². The van der Waals surface area contributed by atoms with Crippen LogP contribution >= 0.6 is 11.3 Å². The molecule has 2 heterocycles. The fraction of sp³-hybridized carbons (Fsp3) is 0.500. The summed E-state index contributed by atoms with van der Waals surface area (Å²) in [4.78, 5) is 31.9. The predicted octanol–water partition coefficient (Wildman–Crippen LogP) is 3.33. The number of thiophene rings is 1. The number of hydrogen-bond donors (Lipinski definition) is 0. The van der Waals surface area contributed by atoms with Crippen LogP contribution < -0.4 is 5.56 Å². The minimum atomic E-state index is -0.349. The topological polar surface area (TPSA) is 61.2 Å². The minimum Gasteiger partial charge on any atom is -0.466 e. The van der Waals surface area contributed by atoms with Gasteiger partial charge in [-0.3, -0.25) is 14.2 Å². The van der Waals surface area contributed by atoms with Crippen LogP contribution in [0.1, 0.15) is 48.9 Å². The molecule has 1 aliphatic carbocycles. The standard InChI is InChI=1S/C18H22N2O3S/c1-5-23-18(22)12-7-6-8-13-14(12)15-16(24-13)19-11(4)20(17(15)21)9-10(2)3/h12H,2,5-9H2,1,3-4H3. The van der Waals surface area contributed by atoms with Crippen molar-refractivity contribution in [3.63, 3.8) is 0 Å². The van der Waals surface area contributed by atoms with E-state index in [1.165, 1.54) is 0 Å². The summed E-state index contributed by atoms with van der Waals surface area (Å²) >= 11 is 1.54. The molecule has 2 aromatic heterocycles. The van der Waals surface area contributed by atoms with E-state index in [0.29, 0.717) is 24.4 Å². The summed E-state index contributed by atoms with van der Waals surface area (Å²) in [6.07, 6.45) is 2.55. The third-order valence-corrected chi connectivity index (χ3v) is 5.52. The molecule has 0 aromatic carbocycles. The van der Waals surface area contributed by atoms with Gasteiger partial charge >= 0.3 is 5.97 Å². The molecule has 1 aliphatic rings. The third-order valence-electron chi connectivity index (χ3n) is 4.36. The van der Waals surface area contributed by atoms with Gasteiger partial charge in [0.2, 0.25) is 0 Å². The maximum atomic E-state index is 13.1. The molecule has 0 amide bonds. The zero-order chi connectivity index (χ0) is 17.4. The molecule has 0 saturated heterocycles. The van der Waals surface area contributed by atoms with Crippen molar-refractivity contribution in [2.75, 3.05) is 6.61 Å². The van der Waals surface area contributed by atoms with Crippen LogP contribution in [-0.2, 0) is 22.5 Å². The number of aromatic nitrogens is 2. The second kappa shape index (κ2) is 6.51. The van der Waals surface area contributed by atoms with Gasteiger partial charge in [0.1, 0.15) is 10.7 Å². The van der Waals surface area contributed by atoms with Crippen molar-refractivity contribution in [2.45, 2.75) is 52.5 Å². The average molecular weight is 346 g/mol. The third kappa shape index (κ3) is 2.79. The fourth-order valence-corrected chi connectivity index (χ4v) is 4.66. The van der Waals surface area contributed by atoms with E-state index < -0.39 is 0 Å². The number of aryl methyl sites for hydroxylation is 2. The Morgan fingerprint density at radius 3 is 2.92 bits per heavy atom. The van der Waals surface area contributed by atoms with Crippen LogP contribution in [0.3, 0.4) is 0 Å². The van der Waals surface area contributed by atoms with Gasteiger partial charge in [-0.2, -0.15) is 0 Å². The lowest BCUT2D eigenvalue weighted by molar-refractivity contribution is -0.145. The van der Waals surface area contributed by atoms with Gasteiger partial charge in [0.15, 0.2) is 0 Å². The van der Waals surface area contributed by atoms with Crippen molar-refractivity contribution in [3.8, 4) is 0 Å². The van der Waals surface area contributed by atoms with E-state index in [9.17, 15) is 9.59 Å². The maximum Gasteiger partial charge on any atom is 0.313 e. The predicted molar refractivity (Wildman–Crippen MR) is 95.7 cm³/mol. The molecule has 0 N–H and O–H groups in total. The van der Waals surface area contributed by atoms with E-state index in [1.807, 2.05) is 13.8 Å². The normalized spacial score (nSPS) is 16.9. The van der Waals surface area contributed by atoms with E-state index >= 15 is 0 Å². The molecule has 1 atom stereocenters. The summed E-state index contributed by atoms with van der Waals surface area (Å²) in [5.74, 6) is 0.101. The molecule has 0 fully saturated rings. The Bertz CT molecular complexity index is 878. The second-order valence-corrected chi connectivity index (χ2v) is 7.41. The second-order valence-electron chi connectivity index (χ2n) is 6.32. The highest BCUT2D eigenvalue weighted by molar-refractivity contribution is 7.18. The van der Waals surface area contributed by atoms with Crippen molar-refractivity contribution in [2.24, 2.45) is 0 Å².